The van der Waals surface area contributed by atoms with E-state index in [1.54, 1.807) is 12.0 Å². The number of benzene rings is 2. The lowest BCUT2D eigenvalue weighted by molar-refractivity contribution is -0.137. The molecule has 0 bridgehead atoms. The molecule has 3 aromatic rings. The Kier molecular flexibility index (Phi) is 5.63. The van der Waals surface area contributed by atoms with E-state index in [9.17, 15) is 18.0 Å². The normalized spacial score (nSPS) is 14.6. The molecule has 1 fully saturated rings. The van der Waals surface area contributed by atoms with Gasteiger partial charge in [0.1, 0.15) is 11.5 Å². The van der Waals surface area contributed by atoms with E-state index in [-0.39, 0.29) is 23.0 Å². The maximum absolute atomic E-state index is 13.0. The van der Waals surface area contributed by atoms with Crippen molar-refractivity contribution in [2.45, 2.75) is 6.18 Å². The third-order valence-corrected chi connectivity index (χ3v) is 5.30. The van der Waals surface area contributed by atoms with Gasteiger partial charge in [-0.2, -0.15) is 13.2 Å². The van der Waals surface area contributed by atoms with Crippen molar-refractivity contribution in [3.63, 3.8) is 0 Å². The van der Waals surface area contributed by atoms with E-state index in [1.807, 2.05) is 24.3 Å². The van der Waals surface area contributed by atoms with Gasteiger partial charge < -0.3 is 19.0 Å². The molecule has 5 nitrogen and oxygen atoms in total. The van der Waals surface area contributed by atoms with Crippen LogP contribution in [-0.4, -0.2) is 44.1 Å². The molecule has 1 aromatic heterocycles. The van der Waals surface area contributed by atoms with Gasteiger partial charge in [0.15, 0.2) is 5.76 Å². The van der Waals surface area contributed by atoms with Crippen LogP contribution in [0.1, 0.15) is 16.1 Å². The fourth-order valence-corrected chi connectivity index (χ4v) is 3.57. The highest BCUT2D eigenvalue weighted by Gasteiger charge is 2.31. The van der Waals surface area contributed by atoms with Gasteiger partial charge in [0.2, 0.25) is 0 Å². The quantitative estimate of drug-likeness (QED) is 0.589. The number of alkyl halides is 3. The summed E-state index contributed by atoms with van der Waals surface area (Å²) in [6.07, 6.45) is -4.44. The molecule has 0 saturated carbocycles. The monoisotopic (exact) mass is 430 g/mol. The molecule has 0 atom stereocenters. The molecule has 0 unspecified atom stereocenters. The summed E-state index contributed by atoms with van der Waals surface area (Å²) in [6, 6.07) is 15.6. The number of methoxy groups -OCH3 is 1. The molecular weight excluding hydrogens is 409 g/mol. The van der Waals surface area contributed by atoms with Gasteiger partial charge in [0, 0.05) is 37.4 Å². The molecule has 1 saturated heterocycles. The Morgan fingerprint density at radius 1 is 0.968 bits per heavy atom. The van der Waals surface area contributed by atoms with Crippen molar-refractivity contribution in [3.05, 3.63) is 72.0 Å². The van der Waals surface area contributed by atoms with Gasteiger partial charge in [0.25, 0.3) is 5.91 Å². The summed E-state index contributed by atoms with van der Waals surface area (Å²) in [4.78, 5) is 16.7. The van der Waals surface area contributed by atoms with Gasteiger partial charge in [-0.1, -0.05) is 12.1 Å². The number of hydrogen-bond donors (Lipinski definition) is 0. The molecule has 31 heavy (non-hydrogen) atoms. The number of rotatable bonds is 4. The molecule has 0 aliphatic carbocycles. The number of nitrogens with zero attached hydrogens (tertiary/aromatic N) is 2. The van der Waals surface area contributed by atoms with Gasteiger partial charge >= 0.3 is 6.18 Å². The predicted octanol–water partition coefficient (Wildman–Crippen LogP) is 4.94. The van der Waals surface area contributed by atoms with Crippen LogP contribution in [0.15, 0.2) is 65.1 Å². The highest BCUT2D eigenvalue weighted by molar-refractivity contribution is 5.92. The van der Waals surface area contributed by atoms with E-state index in [0.29, 0.717) is 26.2 Å². The van der Waals surface area contributed by atoms with Crippen molar-refractivity contribution in [1.82, 2.24) is 4.90 Å². The Balaban J connectivity index is 1.41. The second-order valence-electron chi connectivity index (χ2n) is 7.22. The summed E-state index contributed by atoms with van der Waals surface area (Å²) in [6.45, 7) is 2.37. The van der Waals surface area contributed by atoms with Crippen LogP contribution in [0.5, 0.6) is 5.75 Å². The molecule has 1 amide bonds. The lowest BCUT2D eigenvalue weighted by atomic mass is 10.1. The van der Waals surface area contributed by atoms with Crippen molar-refractivity contribution in [1.29, 1.82) is 0 Å². The van der Waals surface area contributed by atoms with Crippen LogP contribution in [0.25, 0.3) is 11.3 Å². The first-order valence-corrected chi connectivity index (χ1v) is 9.81. The lowest BCUT2D eigenvalue weighted by Gasteiger charge is -2.35. The Hall–Kier alpha value is -3.42. The van der Waals surface area contributed by atoms with E-state index < -0.39 is 11.7 Å². The second kappa shape index (κ2) is 8.37. The van der Waals surface area contributed by atoms with Gasteiger partial charge in [-0.25, -0.2) is 0 Å². The molecular formula is C23H21F3N2O3. The van der Waals surface area contributed by atoms with E-state index in [1.165, 1.54) is 24.3 Å². The summed E-state index contributed by atoms with van der Waals surface area (Å²) >= 11 is 0. The van der Waals surface area contributed by atoms with Crippen LogP contribution in [0.2, 0.25) is 0 Å². The number of ether oxygens (including phenoxy) is 1. The third-order valence-electron chi connectivity index (χ3n) is 5.30. The zero-order valence-corrected chi connectivity index (χ0v) is 16.9. The van der Waals surface area contributed by atoms with Crippen molar-refractivity contribution < 1.29 is 27.1 Å². The Morgan fingerprint density at radius 3 is 2.32 bits per heavy atom. The van der Waals surface area contributed by atoms with E-state index >= 15 is 0 Å². The summed E-state index contributed by atoms with van der Waals surface area (Å²) in [5, 5.41) is 0. The minimum Gasteiger partial charge on any atom is -0.497 e. The van der Waals surface area contributed by atoms with Gasteiger partial charge in [0.05, 0.1) is 12.7 Å². The average Bonchev–Trinajstić information content (AvgIpc) is 3.29. The highest BCUT2D eigenvalue weighted by atomic mass is 19.4. The van der Waals surface area contributed by atoms with Crippen LogP contribution in [0.4, 0.5) is 18.9 Å². The SMILES string of the molecule is COc1ccc(N2CCN(C(=O)c3ccc(-c4cccc(C(F)(F)F)c4)o3)CC2)cc1. The summed E-state index contributed by atoms with van der Waals surface area (Å²) in [5.74, 6) is 0.858. The second-order valence-corrected chi connectivity index (χ2v) is 7.22. The van der Waals surface area contributed by atoms with Crippen LogP contribution in [-0.2, 0) is 6.18 Å². The molecule has 2 aromatic carbocycles. The smallest absolute Gasteiger partial charge is 0.416 e. The molecule has 1 aliphatic rings. The van der Waals surface area contributed by atoms with Gasteiger partial charge in [-0.15, -0.1) is 0 Å². The molecule has 8 heteroatoms. The number of piperazine rings is 1. The number of carbonyl (C=O) groups excluding carboxylic acids is 1. The molecule has 0 N–H and O–H groups in total. The van der Waals surface area contributed by atoms with Gasteiger partial charge in [-0.05, 0) is 48.5 Å². The van der Waals surface area contributed by atoms with Crippen LogP contribution in [0, 0.1) is 0 Å². The van der Waals surface area contributed by atoms with Crippen molar-refractivity contribution in [2.75, 3.05) is 38.2 Å². The Labute approximate surface area is 177 Å². The van der Waals surface area contributed by atoms with E-state index in [4.69, 9.17) is 9.15 Å². The lowest BCUT2D eigenvalue weighted by Crippen LogP contribution is -2.48. The standard InChI is InChI=1S/C23H21F3N2O3/c1-30-19-7-5-18(6-8-19)27-11-13-28(14-12-27)22(29)21-10-9-20(31-21)16-3-2-4-17(15-16)23(24,25)26/h2-10,15H,11-14H2,1H3. The number of furan rings is 1. The number of anilines is 1. The molecule has 1 aliphatic heterocycles. The van der Waals surface area contributed by atoms with E-state index in [0.717, 1.165) is 23.6 Å². The molecule has 2 heterocycles. The van der Waals surface area contributed by atoms with Crippen molar-refractivity contribution in [3.8, 4) is 17.1 Å². The minimum atomic E-state index is -4.44. The van der Waals surface area contributed by atoms with Crippen LogP contribution < -0.4 is 9.64 Å². The number of halogens is 3. The van der Waals surface area contributed by atoms with Crippen molar-refractivity contribution >= 4 is 11.6 Å². The fourth-order valence-electron chi connectivity index (χ4n) is 3.57. The minimum absolute atomic E-state index is 0.116. The zero-order chi connectivity index (χ0) is 22.0. The summed E-state index contributed by atoms with van der Waals surface area (Å²) < 4.78 is 49.6. The number of hydrogen-bond acceptors (Lipinski definition) is 4. The number of carbonyl (C=O) groups is 1. The molecule has 0 radical (unpaired) electrons. The maximum atomic E-state index is 13.0. The van der Waals surface area contributed by atoms with Crippen molar-refractivity contribution in [2.24, 2.45) is 0 Å². The van der Waals surface area contributed by atoms with Crippen LogP contribution in [0.3, 0.4) is 0 Å². The maximum Gasteiger partial charge on any atom is 0.416 e. The average molecular weight is 430 g/mol. The summed E-state index contributed by atoms with van der Waals surface area (Å²) in [7, 11) is 1.62. The highest BCUT2D eigenvalue weighted by Crippen LogP contribution is 2.33. The van der Waals surface area contributed by atoms with E-state index in [2.05, 4.69) is 4.90 Å². The first kappa shape index (κ1) is 20.8. The number of amides is 1. The third kappa shape index (κ3) is 4.52. The Bertz CT molecular complexity index is 1050. The molecule has 4 rings (SSSR count). The zero-order valence-electron chi connectivity index (χ0n) is 16.9. The topological polar surface area (TPSA) is 45.9 Å². The largest absolute Gasteiger partial charge is 0.497 e. The molecule has 0 spiro atoms. The first-order chi connectivity index (χ1) is 14.8. The fraction of sp³-hybridized carbons (Fsp3) is 0.261. The Morgan fingerprint density at radius 2 is 1.68 bits per heavy atom. The first-order valence-electron chi connectivity index (χ1n) is 9.81. The summed E-state index contributed by atoms with van der Waals surface area (Å²) in [5.41, 5.74) is 0.569. The van der Waals surface area contributed by atoms with Crippen LogP contribution >= 0.6 is 0 Å². The molecule has 162 valence electrons. The predicted molar refractivity (Wildman–Crippen MR) is 110 cm³/mol. The van der Waals surface area contributed by atoms with Gasteiger partial charge in [-0.3, -0.25) is 4.79 Å².